The van der Waals surface area contributed by atoms with Gasteiger partial charge in [0.2, 0.25) is 5.91 Å². The van der Waals surface area contributed by atoms with E-state index in [1.807, 2.05) is 24.3 Å². The van der Waals surface area contributed by atoms with Crippen LogP contribution in [0, 0.1) is 5.82 Å². The van der Waals surface area contributed by atoms with Crippen molar-refractivity contribution in [2.45, 2.75) is 32.0 Å². The van der Waals surface area contributed by atoms with E-state index in [-0.39, 0.29) is 36.2 Å². The standard InChI is InChI=1S/C26H28FN5O4/c1-26(25(35)29-15-17-8-10-19(27)11-9-17)16-32-21(24(34)31(26)2)14-20(30-32)23(33)28-13-12-18-6-4-5-7-22(18)36-3/h4-11,14H,12-13,15-16H2,1-3H3,(H,28,33)(H,29,35)/t26-/m0/s1. The molecule has 2 N–H and O–H groups in total. The van der Waals surface area contributed by atoms with Gasteiger partial charge in [0.15, 0.2) is 5.69 Å². The molecule has 1 aromatic heterocycles. The monoisotopic (exact) mass is 493 g/mol. The normalized spacial score (nSPS) is 16.9. The van der Waals surface area contributed by atoms with Gasteiger partial charge in [-0.2, -0.15) is 5.10 Å². The van der Waals surface area contributed by atoms with E-state index in [2.05, 4.69) is 15.7 Å². The zero-order valence-electron chi connectivity index (χ0n) is 20.4. The minimum absolute atomic E-state index is 0.0777. The molecule has 1 aliphatic rings. The van der Waals surface area contributed by atoms with Crippen molar-refractivity contribution in [1.29, 1.82) is 0 Å². The Kier molecular flexibility index (Phi) is 7.05. The predicted octanol–water partition coefficient (Wildman–Crippen LogP) is 2.16. The lowest BCUT2D eigenvalue weighted by molar-refractivity contribution is -0.132. The quantitative estimate of drug-likeness (QED) is 0.500. The number of benzene rings is 2. The molecule has 0 saturated carbocycles. The Morgan fingerprint density at radius 1 is 1.14 bits per heavy atom. The highest BCUT2D eigenvalue weighted by atomic mass is 19.1. The Balaban J connectivity index is 1.42. The molecule has 0 saturated heterocycles. The number of halogens is 1. The second-order valence-corrected chi connectivity index (χ2v) is 8.84. The molecule has 0 spiro atoms. The van der Waals surface area contributed by atoms with Crippen molar-refractivity contribution in [1.82, 2.24) is 25.3 Å². The second kappa shape index (κ2) is 10.2. The van der Waals surface area contributed by atoms with Gasteiger partial charge in [-0.15, -0.1) is 0 Å². The molecule has 188 valence electrons. The maximum atomic E-state index is 13.1. The average Bonchev–Trinajstić information content (AvgIpc) is 3.31. The number of hydrogen-bond donors (Lipinski definition) is 2. The summed E-state index contributed by atoms with van der Waals surface area (Å²) in [5.41, 5.74) is 0.792. The Bertz CT molecular complexity index is 1290. The maximum Gasteiger partial charge on any atom is 0.272 e. The maximum absolute atomic E-state index is 13.1. The van der Waals surface area contributed by atoms with Gasteiger partial charge >= 0.3 is 0 Å². The van der Waals surface area contributed by atoms with E-state index in [0.717, 1.165) is 16.9 Å². The van der Waals surface area contributed by atoms with Crippen LogP contribution in [-0.2, 0) is 24.3 Å². The molecule has 3 aromatic rings. The molecule has 9 nitrogen and oxygen atoms in total. The molecule has 36 heavy (non-hydrogen) atoms. The van der Waals surface area contributed by atoms with Gasteiger partial charge in [0, 0.05) is 26.2 Å². The fourth-order valence-electron chi connectivity index (χ4n) is 4.12. The molecular weight excluding hydrogens is 465 g/mol. The number of carbonyl (C=O) groups is 3. The molecule has 0 bridgehead atoms. The summed E-state index contributed by atoms with van der Waals surface area (Å²) in [6.07, 6.45) is 0.567. The van der Waals surface area contributed by atoms with E-state index >= 15 is 0 Å². The second-order valence-electron chi connectivity index (χ2n) is 8.84. The summed E-state index contributed by atoms with van der Waals surface area (Å²) in [7, 11) is 3.14. The molecule has 0 unspecified atom stereocenters. The van der Waals surface area contributed by atoms with Crippen LogP contribution in [0.15, 0.2) is 54.6 Å². The molecule has 0 fully saturated rings. The van der Waals surface area contributed by atoms with Crippen molar-refractivity contribution in [3.8, 4) is 5.75 Å². The molecule has 10 heteroatoms. The van der Waals surface area contributed by atoms with Crippen LogP contribution in [-0.4, -0.2) is 58.6 Å². The van der Waals surface area contributed by atoms with E-state index in [0.29, 0.717) is 13.0 Å². The van der Waals surface area contributed by atoms with E-state index < -0.39 is 17.4 Å². The summed E-state index contributed by atoms with van der Waals surface area (Å²) >= 11 is 0. The van der Waals surface area contributed by atoms with Crippen molar-refractivity contribution in [2.24, 2.45) is 0 Å². The number of hydrogen-bond acceptors (Lipinski definition) is 5. The van der Waals surface area contributed by atoms with Crippen molar-refractivity contribution in [3.63, 3.8) is 0 Å². The predicted molar refractivity (Wildman–Crippen MR) is 130 cm³/mol. The van der Waals surface area contributed by atoms with Gasteiger partial charge in [-0.1, -0.05) is 30.3 Å². The van der Waals surface area contributed by atoms with E-state index in [1.165, 1.54) is 27.8 Å². The zero-order valence-corrected chi connectivity index (χ0v) is 20.4. The summed E-state index contributed by atoms with van der Waals surface area (Å²) in [4.78, 5) is 40.2. The molecule has 4 rings (SSSR count). The summed E-state index contributed by atoms with van der Waals surface area (Å²) in [6, 6.07) is 14.8. The first-order valence-electron chi connectivity index (χ1n) is 11.5. The number of fused-ring (bicyclic) bond motifs is 1. The van der Waals surface area contributed by atoms with Crippen molar-refractivity contribution < 1.29 is 23.5 Å². The van der Waals surface area contributed by atoms with E-state index in [1.54, 1.807) is 33.2 Å². The van der Waals surface area contributed by atoms with Crippen LogP contribution in [0.2, 0.25) is 0 Å². The van der Waals surface area contributed by atoms with E-state index in [4.69, 9.17) is 4.74 Å². The molecule has 1 atom stereocenters. The van der Waals surface area contributed by atoms with Crippen molar-refractivity contribution in [2.75, 3.05) is 20.7 Å². The third-order valence-electron chi connectivity index (χ3n) is 6.46. The number of carbonyl (C=O) groups excluding carboxylic acids is 3. The number of nitrogens with zero attached hydrogens (tertiary/aromatic N) is 3. The molecule has 1 aliphatic heterocycles. The first-order chi connectivity index (χ1) is 17.2. The number of ether oxygens (including phenoxy) is 1. The number of methoxy groups -OCH3 is 1. The van der Waals surface area contributed by atoms with Crippen LogP contribution in [0.5, 0.6) is 5.75 Å². The Hall–Kier alpha value is -4.21. The third-order valence-corrected chi connectivity index (χ3v) is 6.46. The smallest absolute Gasteiger partial charge is 0.272 e. The number of likely N-dealkylation sites (N-methyl/N-ethyl adjacent to an activating group) is 1. The lowest BCUT2D eigenvalue weighted by Gasteiger charge is -2.40. The van der Waals surface area contributed by atoms with Gasteiger partial charge in [-0.3, -0.25) is 19.1 Å². The number of rotatable bonds is 8. The minimum Gasteiger partial charge on any atom is -0.496 e. The summed E-state index contributed by atoms with van der Waals surface area (Å²) in [6.45, 7) is 2.26. The first-order valence-corrected chi connectivity index (χ1v) is 11.5. The summed E-state index contributed by atoms with van der Waals surface area (Å²) in [5.74, 6) is -0.826. The molecule has 2 heterocycles. The first kappa shape index (κ1) is 24.9. The van der Waals surface area contributed by atoms with Crippen LogP contribution in [0.25, 0.3) is 0 Å². The van der Waals surface area contributed by atoms with Crippen LogP contribution in [0.3, 0.4) is 0 Å². The summed E-state index contributed by atoms with van der Waals surface area (Å²) in [5, 5.41) is 9.94. The number of nitrogens with one attached hydrogen (secondary N) is 2. The van der Waals surface area contributed by atoms with Gasteiger partial charge < -0.3 is 20.3 Å². The number of amides is 3. The molecule has 0 radical (unpaired) electrons. The Morgan fingerprint density at radius 3 is 2.58 bits per heavy atom. The SMILES string of the molecule is COc1ccccc1CCNC(=O)c1cc2n(n1)C[C@@](C)(C(=O)NCc1ccc(F)cc1)N(C)C2=O. The lowest BCUT2D eigenvalue weighted by Crippen LogP contribution is -2.62. The molecular formula is C26H28FN5O4. The molecule has 0 aliphatic carbocycles. The summed E-state index contributed by atoms with van der Waals surface area (Å²) < 4.78 is 19.9. The number of para-hydroxylation sites is 1. The highest BCUT2D eigenvalue weighted by Gasteiger charge is 2.46. The largest absolute Gasteiger partial charge is 0.496 e. The molecule has 2 aromatic carbocycles. The van der Waals surface area contributed by atoms with E-state index in [9.17, 15) is 18.8 Å². The van der Waals surface area contributed by atoms with Crippen LogP contribution >= 0.6 is 0 Å². The third kappa shape index (κ3) is 4.93. The highest BCUT2D eigenvalue weighted by Crippen LogP contribution is 2.26. The van der Waals surface area contributed by atoms with Crippen molar-refractivity contribution >= 4 is 17.7 Å². The van der Waals surface area contributed by atoms with Gasteiger partial charge in [-0.05, 0) is 42.7 Å². The fraction of sp³-hybridized carbons (Fsp3) is 0.308. The Labute approximate surface area is 208 Å². The fourth-order valence-corrected chi connectivity index (χ4v) is 4.12. The van der Waals surface area contributed by atoms with Crippen molar-refractivity contribution in [3.05, 3.63) is 82.9 Å². The van der Waals surface area contributed by atoms with Gasteiger partial charge in [-0.25, -0.2) is 4.39 Å². The number of aromatic nitrogens is 2. The van der Waals surface area contributed by atoms with Crippen LogP contribution in [0.1, 0.15) is 39.0 Å². The average molecular weight is 494 g/mol. The van der Waals surface area contributed by atoms with Gasteiger partial charge in [0.25, 0.3) is 11.8 Å². The molecule has 3 amide bonds. The lowest BCUT2D eigenvalue weighted by atomic mass is 9.96. The van der Waals surface area contributed by atoms with Crippen LogP contribution < -0.4 is 15.4 Å². The zero-order chi connectivity index (χ0) is 25.9. The topological polar surface area (TPSA) is 106 Å². The van der Waals surface area contributed by atoms with Gasteiger partial charge in [0.05, 0.1) is 13.7 Å². The van der Waals surface area contributed by atoms with Crippen LogP contribution in [0.4, 0.5) is 4.39 Å². The highest BCUT2D eigenvalue weighted by molar-refractivity contribution is 6.01. The Morgan fingerprint density at radius 2 is 1.86 bits per heavy atom. The van der Waals surface area contributed by atoms with Gasteiger partial charge in [0.1, 0.15) is 22.8 Å². The minimum atomic E-state index is -1.23.